The Bertz CT molecular complexity index is 765. The molecular weight excluding hydrogens is 368 g/mol. The molecule has 2 rings (SSSR count). The molecule has 0 aliphatic carbocycles. The molecule has 0 spiro atoms. The van der Waals surface area contributed by atoms with Crippen molar-refractivity contribution in [3.63, 3.8) is 0 Å². The van der Waals surface area contributed by atoms with E-state index in [4.69, 9.17) is 9.47 Å². The van der Waals surface area contributed by atoms with Gasteiger partial charge in [0.1, 0.15) is 11.5 Å². The molecule has 5 heteroatoms. The molecule has 29 heavy (non-hydrogen) atoms. The molecule has 2 aromatic rings. The number of carbonyl (C=O) groups excluding carboxylic acids is 2. The Hall–Kier alpha value is -2.66. The zero-order valence-corrected chi connectivity index (χ0v) is 17.2. The Morgan fingerprint density at radius 3 is 2.10 bits per heavy atom. The van der Waals surface area contributed by atoms with Crippen LogP contribution < -0.4 is 9.47 Å². The molecule has 0 amide bonds. The molecule has 0 bridgehead atoms. The minimum absolute atomic E-state index is 0.106. The third-order valence-corrected chi connectivity index (χ3v) is 4.51. The number of hydrogen-bond acceptors (Lipinski definition) is 5. The second kappa shape index (κ2) is 12.0. The van der Waals surface area contributed by atoms with E-state index in [1.54, 1.807) is 48.5 Å². The molecule has 0 heterocycles. The minimum atomic E-state index is -0.615. The quantitative estimate of drug-likeness (QED) is 0.230. The molecule has 0 fully saturated rings. The highest BCUT2D eigenvalue weighted by atomic mass is 16.5. The van der Waals surface area contributed by atoms with Gasteiger partial charge in [0.25, 0.3) is 0 Å². The first-order chi connectivity index (χ1) is 14.0. The number of rotatable bonds is 12. The van der Waals surface area contributed by atoms with Crippen molar-refractivity contribution in [3.8, 4) is 11.5 Å². The SMILES string of the molecule is CCCCCC(O)CC(=O)c1ccc(OC(=O)c2ccc(OCCC)cc2)cc1. The predicted molar refractivity (Wildman–Crippen MR) is 113 cm³/mol. The molecule has 5 nitrogen and oxygen atoms in total. The van der Waals surface area contributed by atoms with Crippen molar-refractivity contribution in [1.29, 1.82) is 0 Å². The van der Waals surface area contributed by atoms with E-state index in [0.717, 1.165) is 25.7 Å². The van der Waals surface area contributed by atoms with E-state index in [0.29, 0.717) is 35.7 Å². The molecule has 2 aromatic carbocycles. The Labute approximate surface area is 172 Å². The number of unbranched alkanes of at least 4 members (excludes halogenated alkanes) is 2. The summed E-state index contributed by atoms with van der Waals surface area (Å²) in [4.78, 5) is 24.5. The Balaban J connectivity index is 1.87. The maximum Gasteiger partial charge on any atom is 0.343 e. The Kier molecular flexibility index (Phi) is 9.38. The maximum atomic E-state index is 12.3. The summed E-state index contributed by atoms with van der Waals surface area (Å²) in [5.74, 6) is 0.483. The number of benzene rings is 2. The Morgan fingerprint density at radius 1 is 0.862 bits per heavy atom. The van der Waals surface area contributed by atoms with Gasteiger partial charge in [0.2, 0.25) is 0 Å². The first-order valence-electron chi connectivity index (χ1n) is 10.3. The summed E-state index contributed by atoms with van der Waals surface area (Å²) < 4.78 is 10.9. The largest absolute Gasteiger partial charge is 0.494 e. The van der Waals surface area contributed by atoms with Crippen molar-refractivity contribution in [3.05, 3.63) is 59.7 Å². The molecule has 0 aliphatic rings. The number of hydrogen-bond donors (Lipinski definition) is 1. The van der Waals surface area contributed by atoms with Gasteiger partial charge in [-0.05, 0) is 61.4 Å². The first kappa shape index (κ1) is 22.6. The topological polar surface area (TPSA) is 72.8 Å². The smallest absolute Gasteiger partial charge is 0.343 e. The van der Waals surface area contributed by atoms with Crippen LogP contribution in [0.2, 0.25) is 0 Å². The van der Waals surface area contributed by atoms with E-state index in [-0.39, 0.29) is 12.2 Å². The van der Waals surface area contributed by atoms with Crippen LogP contribution in [-0.4, -0.2) is 29.6 Å². The number of ether oxygens (including phenoxy) is 2. The maximum absolute atomic E-state index is 12.3. The van der Waals surface area contributed by atoms with E-state index < -0.39 is 12.1 Å². The average molecular weight is 398 g/mol. The van der Waals surface area contributed by atoms with Crippen LogP contribution in [0.3, 0.4) is 0 Å². The van der Waals surface area contributed by atoms with Crippen molar-refractivity contribution < 1.29 is 24.2 Å². The fourth-order valence-electron chi connectivity index (χ4n) is 2.85. The second-order valence-electron chi connectivity index (χ2n) is 7.06. The van der Waals surface area contributed by atoms with Gasteiger partial charge in [0.15, 0.2) is 5.78 Å². The summed E-state index contributed by atoms with van der Waals surface area (Å²) >= 11 is 0. The molecule has 156 valence electrons. The van der Waals surface area contributed by atoms with Gasteiger partial charge < -0.3 is 14.6 Å². The van der Waals surface area contributed by atoms with E-state index in [9.17, 15) is 14.7 Å². The second-order valence-corrected chi connectivity index (χ2v) is 7.06. The van der Waals surface area contributed by atoms with Gasteiger partial charge in [-0.1, -0.05) is 33.1 Å². The van der Waals surface area contributed by atoms with Crippen molar-refractivity contribution in [2.75, 3.05) is 6.61 Å². The minimum Gasteiger partial charge on any atom is -0.494 e. The number of aliphatic hydroxyl groups excluding tert-OH is 1. The summed E-state index contributed by atoms with van der Waals surface area (Å²) in [6.07, 6.45) is 4.10. The van der Waals surface area contributed by atoms with Crippen LogP contribution in [-0.2, 0) is 0 Å². The molecule has 0 aliphatic heterocycles. The molecule has 0 saturated carbocycles. The average Bonchev–Trinajstić information content (AvgIpc) is 2.73. The fraction of sp³-hybridized carbons (Fsp3) is 0.417. The normalized spacial score (nSPS) is 11.7. The lowest BCUT2D eigenvalue weighted by Crippen LogP contribution is -2.13. The van der Waals surface area contributed by atoms with Crippen LogP contribution in [0.4, 0.5) is 0 Å². The van der Waals surface area contributed by atoms with Crippen LogP contribution in [0.5, 0.6) is 11.5 Å². The van der Waals surface area contributed by atoms with E-state index in [2.05, 4.69) is 6.92 Å². The lowest BCUT2D eigenvalue weighted by Gasteiger charge is -2.10. The highest BCUT2D eigenvalue weighted by Crippen LogP contribution is 2.18. The first-order valence-corrected chi connectivity index (χ1v) is 10.3. The summed E-state index contributed by atoms with van der Waals surface area (Å²) in [7, 11) is 0. The lowest BCUT2D eigenvalue weighted by atomic mass is 10.0. The van der Waals surface area contributed by atoms with Gasteiger partial charge in [-0.25, -0.2) is 4.79 Å². The molecule has 0 saturated heterocycles. The van der Waals surface area contributed by atoms with Crippen molar-refractivity contribution >= 4 is 11.8 Å². The highest BCUT2D eigenvalue weighted by molar-refractivity contribution is 5.96. The standard InChI is InChI=1S/C24H30O5/c1-3-5-6-7-20(25)17-23(26)18-8-14-22(15-9-18)29-24(27)19-10-12-21(13-11-19)28-16-4-2/h8-15,20,25H,3-7,16-17H2,1-2H3. The van der Waals surface area contributed by atoms with Gasteiger partial charge in [0, 0.05) is 12.0 Å². The summed E-state index contributed by atoms with van der Waals surface area (Å²) in [5, 5.41) is 9.98. The van der Waals surface area contributed by atoms with Crippen molar-refractivity contribution in [1.82, 2.24) is 0 Å². The molecule has 0 aromatic heterocycles. The highest BCUT2D eigenvalue weighted by Gasteiger charge is 2.14. The fourth-order valence-corrected chi connectivity index (χ4v) is 2.85. The molecule has 1 atom stereocenters. The van der Waals surface area contributed by atoms with Crippen LogP contribution >= 0.6 is 0 Å². The number of esters is 1. The predicted octanol–water partition coefficient (Wildman–Crippen LogP) is 5.21. The number of aliphatic hydroxyl groups is 1. The van der Waals surface area contributed by atoms with Gasteiger partial charge >= 0.3 is 5.97 Å². The van der Waals surface area contributed by atoms with Crippen LogP contribution in [0.25, 0.3) is 0 Å². The third-order valence-electron chi connectivity index (χ3n) is 4.51. The van der Waals surface area contributed by atoms with Crippen LogP contribution in [0.1, 0.15) is 73.1 Å². The molecule has 1 unspecified atom stereocenters. The molecule has 0 radical (unpaired) electrons. The zero-order chi connectivity index (χ0) is 21.1. The van der Waals surface area contributed by atoms with Crippen molar-refractivity contribution in [2.45, 2.75) is 58.5 Å². The van der Waals surface area contributed by atoms with Crippen LogP contribution in [0, 0.1) is 0 Å². The van der Waals surface area contributed by atoms with E-state index >= 15 is 0 Å². The van der Waals surface area contributed by atoms with Gasteiger partial charge in [-0.2, -0.15) is 0 Å². The monoisotopic (exact) mass is 398 g/mol. The molecular formula is C24H30O5. The van der Waals surface area contributed by atoms with Crippen molar-refractivity contribution in [2.24, 2.45) is 0 Å². The number of ketones is 1. The van der Waals surface area contributed by atoms with E-state index in [1.165, 1.54) is 0 Å². The van der Waals surface area contributed by atoms with E-state index in [1.807, 2.05) is 6.92 Å². The van der Waals surface area contributed by atoms with Gasteiger partial charge in [-0.15, -0.1) is 0 Å². The number of carbonyl (C=O) groups is 2. The summed E-state index contributed by atoms with van der Waals surface area (Å²) in [6.45, 7) is 4.76. The summed E-state index contributed by atoms with van der Waals surface area (Å²) in [6, 6.07) is 13.2. The molecule has 1 N–H and O–H groups in total. The third kappa shape index (κ3) is 7.70. The zero-order valence-electron chi connectivity index (χ0n) is 17.2. The Morgan fingerprint density at radius 2 is 1.48 bits per heavy atom. The van der Waals surface area contributed by atoms with Gasteiger partial charge in [0.05, 0.1) is 18.3 Å². The van der Waals surface area contributed by atoms with Gasteiger partial charge in [-0.3, -0.25) is 4.79 Å². The summed E-state index contributed by atoms with van der Waals surface area (Å²) in [5.41, 5.74) is 0.918. The van der Waals surface area contributed by atoms with Crippen LogP contribution in [0.15, 0.2) is 48.5 Å². The number of Topliss-reactive ketones (excluding diaryl/α,β-unsaturated/α-hetero) is 1. The lowest BCUT2D eigenvalue weighted by molar-refractivity contribution is 0.0734.